The second kappa shape index (κ2) is 7.11. The smallest absolute Gasteiger partial charge is 0.162 e. The molecule has 2 saturated heterocycles. The predicted octanol–water partition coefficient (Wildman–Crippen LogP) is 1.27. The molecule has 0 aliphatic carbocycles. The molecule has 2 fully saturated rings. The van der Waals surface area contributed by atoms with Crippen LogP contribution in [0.15, 0.2) is 18.2 Å². The zero-order valence-electron chi connectivity index (χ0n) is 12.6. The van der Waals surface area contributed by atoms with E-state index in [1.807, 2.05) is 6.07 Å². The highest BCUT2D eigenvalue weighted by atomic mass is 16.6. The van der Waals surface area contributed by atoms with E-state index in [2.05, 4.69) is 22.3 Å². The summed E-state index contributed by atoms with van der Waals surface area (Å²) >= 11 is 0. The summed E-state index contributed by atoms with van der Waals surface area (Å²) in [6, 6.07) is 6.24. The van der Waals surface area contributed by atoms with Crippen molar-refractivity contribution in [3.05, 3.63) is 23.8 Å². The van der Waals surface area contributed by atoms with Crippen LogP contribution in [-0.2, 0) is 11.3 Å². The van der Waals surface area contributed by atoms with Crippen LogP contribution in [0, 0.1) is 0 Å². The van der Waals surface area contributed by atoms with Gasteiger partial charge in [-0.2, -0.15) is 0 Å². The maximum Gasteiger partial charge on any atom is 0.162 e. The van der Waals surface area contributed by atoms with Crippen molar-refractivity contribution in [2.75, 3.05) is 46.5 Å². The maximum absolute atomic E-state index is 6.05. The van der Waals surface area contributed by atoms with Gasteiger partial charge in [-0.15, -0.1) is 0 Å². The average molecular weight is 292 g/mol. The molecule has 2 aliphatic rings. The van der Waals surface area contributed by atoms with Crippen molar-refractivity contribution in [2.45, 2.75) is 19.1 Å². The Kier molecular flexibility index (Phi) is 4.95. The van der Waals surface area contributed by atoms with Gasteiger partial charge in [0.1, 0.15) is 6.10 Å². The normalized spacial score (nSPS) is 23.2. The molecule has 5 heteroatoms. The standard InChI is InChI=1S/C16H24N2O3/c1-19-15-3-2-13(11-18-7-5-17-6-8-18)10-16(15)21-14-4-9-20-12-14/h2-3,10,14,17H,4-9,11-12H2,1H3. The first-order valence-electron chi connectivity index (χ1n) is 7.69. The number of hydrogen-bond acceptors (Lipinski definition) is 5. The summed E-state index contributed by atoms with van der Waals surface area (Å²) in [5, 5.41) is 3.38. The van der Waals surface area contributed by atoms with Gasteiger partial charge >= 0.3 is 0 Å². The van der Waals surface area contributed by atoms with E-state index in [0.29, 0.717) is 6.61 Å². The highest BCUT2D eigenvalue weighted by Gasteiger charge is 2.19. The molecule has 1 atom stereocenters. The van der Waals surface area contributed by atoms with Crippen molar-refractivity contribution >= 4 is 0 Å². The molecule has 116 valence electrons. The summed E-state index contributed by atoms with van der Waals surface area (Å²) < 4.78 is 16.8. The Morgan fingerprint density at radius 1 is 1.29 bits per heavy atom. The summed E-state index contributed by atoms with van der Waals surface area (Å²) in [6.45, 7) is 6.75. The molecule has 1 aromatic rings. The predicted molar refractivity (Wildman–Crippen MR) is 81.0 cm³/mol. The number of methoxy groups -OCH3 is 1. The first-order valence-corrected chi connectivity index (χ1v) is 7.69. The number of hydrogen-bond donors (Lipinski definition) is 1. The average Bonchev–Trinajstić information content (AvgIpc) is 3.02. The van der Waals surface area contributed by atoms with E-state index in [1.54, 1.807) is 7.11 Å². The van der Waals surface area contributed by atoms with E-state index < -0.39 is 0 Å². The summed E-state index contributed by atoms with van der Waals surface area (Å²) in [5.74, 6) is 1.63. The van der Waals surface area contributed by atoms with E-state index in [9.17, 15) is 0 Å². The molecule has 2 aliphatic heterocycles. The second-order valence-electron chi connectivity index (χ2n) is 5.61. The SMILES string of the molecule is COc1ccc(CN2CCNCC2)cc1OC1CCOC1. The lowest BCUT2D eigenvalue weighted by molar-refractivity contribution is 0.138. The molecule has 1 N–H and O–H groups in total. The van der Waals surface area contributed by atoms with Crippen LogP contribution >= 0.6 is 0 Å². The summed E-state index contributed by atoms with van der Waals surface area (Å²) in [7, 11) is 1.68. The van der Waals surface area contributed by atoms with Crippen molar-refractivity contribution in [1.82, 2.24) is 10.2 Å². The zero-order valence-corrected chi connectivity index (χ0v) is 12.6. The monoisotopic (exact) mass is 292 g/mol. The third kappa shape index (κ3) is 3.87. The van der Waals surface area contributed by atoms with Gasteiger partial charge in [-0.1, -0.05) is 6.07 Å². The number of piperazine rings is 1. The van der Waals surface area contributed by atoms with Crippen LogP contribution in [0.2, 0.25) is 0 Å². The highest BCUT2D eigenvalue weighted by molar-refractivity contribution is 5.43. The fraction of sp³-hybridized carbons (Fsp3) is 0.625. The number of nitrogens with zero attached hydrogens (tertiary/aromatic N) is 1. The van der Waals surface area contributed by atoms with Gasteiger partial charge in [0, 0.05) is 39.1 Å². The van der Waals surface area contributed by atoms with Crippen molar-refractivity contribution in [2.24, 2.45) is 0 Å². The Hall–Kier alpha value is -1.30. The molecular formula is C16H24N2O3. The summed E-state index contributed by atoms with van der Waals surface area (Å²) in [4.78, 5) is 2.46. The number of nitrogens with one attached hydrogen (secondary N) is 1. The van der Waals surface area contributed by atoms with Gasteiger partial charge in [-0.3, -0.25) is 4.90 Å². The van der Waals surface area contributed by atoms with Gasteiger partial charge < -0.3 is 19.5 Å². The van der Waals surface area contributed by atoms with Crippen LogP contribution in [0.4, 0.5) is 0 Å². The number of benzene rings is 1. The minimum Gasteiger partial charge on any atom is -0.493 e. The maximum atomic E-state index is 6.05. The second-order valence-corrected chi connectivity index (χ2v) is 5.61. The van der Waals surface area contributed by atoms with E-state index in [0.717, 1.165) is 57.3 Å². The Labute approximate surface area is 126 Å². The molecule has 0 aromatic heterocycles. The molecule has 0 amide bonds. The van der Waals surface area contributed by atoms with Gasteiger partial charge in [-0.05, 0) is 17.7 Å². The topological polar surface area (TPSA) is 43.0 Å². The van der Waals surface area contributed by atoms with E-state index >= 15 is 0 Å². The van der Waals surface area contributed by atoms with Crippen molar-refractivity contribution in [3.8, 4) is 11.5 Å². The van der Waals surface area contributed by atoms with E-state index in [1.165, 1.54) is 5.56 Å². The fourth-order valence-corrected chi connectivity index (χ4v) is 2.82. The minimum atomic E-state index is 0.147. The molecule has 0 bridgehead atoms. The van der Waals surface area contributed by atoms with E-state index in [-0.39, 0.29) is 6.10 Å². The van der Waals surface area contributed by atoms with Crippen LogP contribution in [0.5, 0.6) is 11.5 Å². The summed E-state index contributed by atoms with van der Waals surface area (Å²) in [5.41, 5.74) is 1.27. The number of ether oxygens (including phenoxy) is 3. The van der Waals surface area contributed by atoms with Crippen molar-refractivity contribution in [3.63, 3.8) is 0 Å². The van der Waals surface area contributed by atoms with Crippen molar-refractivity contribution < 1.29 is 14.2 Å². The van der Waals surface area contributed by atoms with Gasteiger partial charge in [0.25, 0.3) is 0 Å². The molecular weight excluding hydrogens is 268 g/mol. The molecule has 1 aromatic carbocycles. The van der Waals surface area contributed by atoms with Gasteiger partial charge in [0.15, 0.2) is 11.5 Å². The molecule has 0 radical (unpaired) electrons. The first-order chi connectivity index (χ1) is 10.3. The first kappa shape index (κ1) is 14.6. The van der Waals surface area contributed by atoms with Crippen LogP contribution in [-0.4, -0.2) is 57.5 Å². The Morgan fingerprint density at radius 3 is 2.86 bits per heavy atom. The third-order valence-electron chi connectivity index (χ3n) is 4.03. The lowest BCUT2D eigenvalue weighted by atomic mass is 10.1. The summed E-state index contributed by atoms with van der Waals surface area (Å²) in [6.07, 6.45) is 1.10. The van der Waals surface area contributed by atoms with Gasteiger partial charge in [-0.25, -0.2) is 0 Å². The van der Waals surface area contributed by atoms with Crippen LogP contribution in [0.1, 0.15) is 12.0 Å². The molecule has 1 unspecified atom stereocenters. The lowest BCUT2D eigenvalue weighted by Gasteiger charge is -2.27. The quantitative estimate of drug-likeness (QED) is 0.885. The van der Waals surface area contributed by atoms with Crippen LogP contribution < -0.4 is 14.8 Å². The minimum absolute atomic E-state index is 0.147. The van der Waals surface area contributed by atoms with Crippen molar-refractivity contribution in [1.29, 1.82) is 0 Å². The van der Waals surface area contributed by atoms with Crippen LogP contribution in [0.3, 0.4) is 0 Å². The number of rotatable bonds is 5. The lowest BCUT2D eigenvalue weighted by Crippen LogP contribution is -2.42. The Bertz CT molecular complexity index is 455. The molecule has 0 spiro atoms. The molecule has 2 heterocycles. The molecule has 3 rings (SSSR count). The van der Waals surface area contributed by atoms with Gasteiger partial charge in [0.05, 0.1) is 20.3 Å². The molecule has 5 nitrogen and oxygen atoms in total. The van der Waals surface area contributed by atoms with Gasteiger partial charge in [0.2, 0.25) is 0 Å². The van der Waals surface area contributed by atoms with E-state index in [4.69, 9.17) is 14.2 Å². The molecule has 21 heavy (non-hydrogen) atoms. The highest BCUT2D eigenvalue weighted by Crippen LogP contribution is 2.30. The molecule has 0 saturated carbocycles. The Balaban J connectivity index is 1.69. The Morgan fingerprint density at radius 2 is 2.14 bits per heavy atom. The fourth-order valence-electron chi connectivity index (χ4n) is 2.82. The zero-order chi connectivity index (χ0) is 14.5. The third-order valence-corrected chi connectivity index (χ3v) is 4.03. The largest absolute Gasteiger partial charge is 0.493 e. The van der Waals surface area contributed by atoms with Crippen LogP contribution in [0.25, 0.3) is 0 Å².